The van der Waals surface area contributed by atoms with Gasteiger partial charge in [0.2, 0.25) is 11.1 Å². The number of amides is 1. The fraction of sp³-hybridized carbons (Fsp3) is 0.462. The number of carbonyl (C=O) groups is 1. The fourth-order valence-corrected chi connectivity index (χ4v) is 2.59. The zero-order chi connectivity index (χ0) is 15.0. The van der Waals surface area contributed by atoms with Crippen molar-refractivity contribution in [1.29, 1.82) is 0 Å². The number of aryl methyl sites for hydroxylation is 1. The van der Waals surface area contributed by atoms with E-state index in [0.717, 1.165) is 0 Å². The van der Waals surface area contributed by atoms with Gasteiger partial charge >= 0.3 is 0 Å². The van der Waals surface area contributed by atoms with Gasteiger partial charge in [-0.25, -0.2) is 0 Å². The van der Waals surface area contributed by atoms with Gasteiger partial charge < -0.3 is 13.8 Å². The minimum atomic E-state index is -0.150. The summed E-state index contributed by atoms with van der Waals surface area (Å²) in [6.45, 7) is 3.57. The molecule has 0 aromatic carbocycles. The lowest BCUT2D eigenvalue weighted by Crippen LogP contribution is -2.49. The molecule has 0 N–H and O–H groups in total. The highest BCUT2D eigenvalue weighted by atomic mass is 35.5. The van der Waals surface area contributed by atoms with E-state index in [0.29, 0.717) is 36.9 Å². The first-order chi connectivity index (χ1) is 10.1. The summed E-state index contributed by atoms with van der Waals surface area (Å²) in [5, 5.41) is 3.92. The SMILES string of the molecule is Cc1noc(C2CN(C(=O)c3ccoc3Cl)CCN2C)n1. The van der Waals surface area contributed by atoms with Crippen LogP contribution in [0.3, 0.4) is 0 Å². The fourth-order valence-electron chi connectivity index (χ4n) is 2.39. The zero-order valence-electron chi connectivity index (χ0n) is 11.7. The molecule has 0 bridgehead atoms. The predicted octanol–water partition coefficient (Wildman–Crippen LogP) is 1.75. The molecule has 1 atom stereocenters. The van der Waals surface area contributed by atoms with Gasteiger partial charge in [0.25, 0.3) is 5.91 Å². The number of carbonyl (C=O) groups excluding carboxylic acids is 1. The standard InChI is InChI=1S/C13H15ClN4O3/c1-8-15-12(21-16-8)10-7-18(5-4-17(10)2)13(19)9-3-6-20-11(9)14/h3,6,10H,4-5,7H2,1-2H3. The van der Waals surface area contributed by atoms with Crippen molar-refractivity contribution in [3.05, 3.63) is 34.8 Å². The highest BCUT2D eigenvalue weighted by Gasteiger charge is 2.33. The van der Waals surface area contributed by atoms with Gasteiger partial charge in [-0.05, 0) is 31.6 Å². The van der Waals surface area contributed by atoms with Crippen molar-refractivity contribution in [1.82, 2.24) is 19.9 Å². The number of nitrogens with zero attached hydrogens (tertiary/aromatic N) is 4. The number of hydrogen-bond acceptors (Lipinski definition) is 6. The Balaban J connectivity index is 1.80. The molecule has 21 heavy (non-hydrogen) atoms. The van der Waals surface area contributed by atoms with Crippen LogP contribution in [0, 0.1) is 6.92 Å². The molecule has 7 nitrogen and oxygen atoms in total. The number of hydrogen-bond donors (Lipinski definition) is 0. The molecule has 2 aromatic heterocycles. The van der Waals surface area contributed by atoms with Gasteiger partial charge in [-0.2, -0.15) is 4.98 Å². The summed E-state index contributed by atoms with van der Waals surface area (Å²) in [6.07, 6.45) is 1.41. The second-order valence-electron chi connectivity index (χ2n) is 5.04. The molecule has 1 amide bonds. The van der Waals surface area contributed by atoms with Crippen LogP contribution in [-0.2, 0) is 0 Å². The van der Waals surface area contributed by atoms with Crippen molar-refractivity contribution < 1.29 is 13.7 Å². The number of aromatic nitrogens is 2. The summed E-state index contributed by atoms with van der Waals surface area (Å²) in [4.78, 5) is 20.5. The molecule has 1 aliphatic rings. The lowest BCUT2D eigenvalue weighted by Gasteiger charge is -2.37. The average molecular weight is 311 g/mol. The van der Waals surface area contributed by atoms with Gasteiger partial charge in [-0.3, -0.25) is 9.69 Å². The van der Waals surface area contributed by atoms with Gasteiger partial charge in [0, 0.05) is 19.6 Å². The highest BCUT2D eigenvalue weighted by molar-refractivity contribution is 6.32. The largest absolute Gasteiger partial charge is 0.452 e. The second-order valence-corrected chi connectivity index (χ2v) is 5.38. The molecule has 2 aromatic rings. The summed E-state index contributed by atoms with van der Waals surface area (Å²) in [7, 11) is 1.97. The molecule has 3 heterocycles. The molecule has 112 valence electrons. The summed E-state index contributed by atoms with van der Waals surface area (Å²) in [5.74, 6) is 0.952. The second kappa shape index (κ2) is 5.50. The van der Waals surface area contributed by atoms with Crippen molar-refractivity contribution in [3.63, 3.8) is 0 Å². The number of rotatable bonds is 2. The van der Waals surface area contributed by atoms with E-state index in [1.165, 1.54) is 6.26 Å². The maximum absolute atomic E-state index is 12.5. The summed E-state index contributed by atoms with van der Waals surface area (Å²) in [5.41, 5.74) is 0.377. The van der Waals surface area contributed by atoms with E-state index in [2.05, 4.69) is 15.0 Å². The lowest BCUT2D eigenvalue weighted by atomic mass is 10.1. The molecular weight excluding hydrogens is 296 g/mol. The van der Waals surface area contributed by atoms with Crippen molar-refractivity contribution in [3.8, 4) is 0 Å². The molecule has 0 radical (unpaired) electrons. The average Bonchev–Trinajstić information content (AvgIpc) is 3.07. The van der Waals surface area contributed by atoms with Crippen LogP contribution in [0.15, 0.2) is 21.3 Å². The molecule has 0 aliphatic carbocycles. The molecule has 1 saturated heterocycles. The number of likely N-dealkylation sites (N-methyl/N-ethyl adjacent to an activating group) is 1. The quantitative estimate of drug-likeness (QED) is 0.841. The van der Waals surface area contributed by atoms with E-state index in [1.807, 2.05) is 7.05 Å². The third-order valence-electron chi connectivity index (χ3n) is 3.61. The Kier molecular flexibility index (Phi) is 3.69. The molecule has 1 fully saturated rings. The Hall–Kier alpha value is -1.86. The first-order valence-corrected chi connectivity index (χ1v) is 6.97. The zero-order valence-corrected chi connectivity index (χ0v) is 12.5. The van der Waals surface area contributed by atoms with Crippen LogP contribution < -0.4 is 0 Å². The first kappa shape index (κ1) is 14.1. The number of halogens is 1. The van der Waals surface area contributed by atoms with Crippen molar-refractivity contribution in [2.24, 2.45) is 0 Å². The summed E-state index contributed by atoms with van der Waals surface area (Å²) in [6, 6.07) is 1.46. The van der Waals surface area contributed by atoms with Gasteiger partial charge in [-0.15, -0.1) is 0 Å². The summed E-state index contributed by atoms with van der Waals surface area (Å²) >= 11 is 5.87. The maximum atomic E-state index is 12.5. The Labute approximate surface area is 126 Å². The monoisotopic (exact) mass is 310 g/mol. The molecule has 8 heteroatoms. The van der Waals surface area contributed by atoms with E-state index in [4.69, 9.17) is 20.5 Å². The van der Waals surface area contributed by atoms with Crippen molar-refractivity contribution >= 4 is 17.5 Å². The topological polar surface area (TPSA) is 75.6 Å². The molecular formula is C13H15ClN4O3. The van der Waals surface area contributed by atoms with E-state index in [-0.39, 0.29) is 17.2 Å². The lowest BCUT2D eigenvalue weighted by molar-refractivity contribution is 0.0488. The van der Waals surface area contributed by atoms with Crippen LogP contribution in [-0.4, -0.2) is 52.5 Å². The number of furan rings is 1. The van der Waals surface area contributed by atoms with Crippen LogP contribution in [0.1, 0.15) is 28.1 Å². The van der Waals surface area contributed by atoms with Crippen LogP contribution in [0.2, 0.25) is 5.22 Å². The van der Waals surface area contributed by atoms with E-state index in [1.54, 1.807) is 17.9 Å². The highest BCUT2D eigenvalue weighted by Crippen LogP contribution is 2.25. The summed E-state index contributed by atoms with van der Waals surface area (Å²) < 4.78 is 10.2. The normalized spacial score (nSPS) is 20.0. The van der Waals surface area contributed by atoms with Crippen LogP contribution in [0.5, 0.6) is 0 Å². The van der Waals surface area contributed by atoms with Gasteiger partial charge in [0.1, 0.15) is 6.04 Å². The minimum absolute atomic E-state index is 0.115. The van der Waals surface area contributed by atoms with Gasteiger partial charge in [0.05, 0.1) is 11.8 Å². The van der Waals surface area contributed by atoms with Gasteiger partial charge in [0.15, 0.2) is 5.82 Å². The Bertz CT molecular complexity index is 653. The Morgan fingerprint density at radius 2 is 2.29 bits per heavy atom. The van der Waals surface area contributed by atoms with E-state index >= 15 is 0 Å². The van der Waals surface area contributed by atoms with E-state index in [9.17, 15) is 4.79 Å². The third kappa shape index (κ3) is 2.66. The minimum Gasteiger partial charge on any atom is -0.452 e. The molecule has 0 saturated carbocycles. The molecule has 3 rings (SSSR count). The molecule has 0 spiro atoms. The first-order valence-electron chi connectivity index (χ1n) is 6.59. The smallest absolute Gasteiger partial charge is 0.258 e. The van der Waals surface area contributed by atoms with E-state index < -0.39 is 0 Å². The van der Waals surface area contributed by atoms with Crippen LogP contribution in [0.4, 0.5) is 0 Å². The predicted molar refractivity (Wildman–Crippen MR) is 74.0 cm³/mol. The Morgan fingerprint density at radius 1 is 1.48 bits per heavy atom. The third-order valence-corrected chi connectivity index (χ3v) is 3.90. The van der Waals surface area contributed by atoms with Crippen LogP contribution >= 0.6 is 11.6 Å². The Morgan fingerprint density at radius 3 is 2.90 bits per heavy atom. The molecule has 1 unspecified atom stereocenters. The molecule has 1 aliphatic heterocycles. The maximum Gasteiger partial charge on any atom is 0.258 e. The van der Waals surface area contributed by atoms with Crippen LogP contribution in [0.25, 0.3) is 0 Å². The van der Waals surface area contributed by atoms with Crippen molar-refractivity contribution in [2.75, 3.05) is 26.7 Å². The van der Waals surface area contributed by atoms with Crippen molar-refractivity contribution in [2.45, 2.75) is 13.0 Å². The van der Waals surface area contributed by atoms with Gasteiger partial charge in [-0.1, -0.05) is 5.16 Å². The number of piperazine rings is 1.